The maximum atomic E-state index is 4.42. The van der Waals surface area contributed by atoms with Gasteiger partial charge in [-0.1, -0.05) is 25.0 Å². The van der Waals surface area contributed by atoms with E-state index in [-0.39, 0.29) is 0 Å². The third-order valence-electron chi connectivity index (χ3n) is 3.13. The van der Waals surface area contributed by atoms with Crippen LogP contribution in [0.1, 0.15) is 25.7 Å². The monoisotopic (exact) mass is 228 g/mol. The van der Waals surface area contributed by atoms with Gasteiger partial charge < -0.3 is 5.32 Å². The van der Waals surface area contributed by atoms with Gasteiger partial charge in [-0.3, -0.25) is 0 Å². The molecule has 1 fully saturated rings. The number of nitrogens with zero attached hydrogens (tertiary/aromatic N) is 3. The van der Waals surface area contributed by atoms with Crippen LogP contribution >= 0.6 is 0 Å². The summed E-state index contributed by atoms with van der Waals surface area (Å²) in [5, 5.41) is 11.4. The lowest BCUT2D eigenvalue weighted by atomic mass is 10.2. The summed E-state index contributed by atoms with van der Waals surface area (Å²) in [7, 11) is 0. The van der Waals surface area contributed by atoms with E-state index in [1.807, 2.05) is 24.3 Å². The van der Waals surface area contributed by atoms with Crippen LogP contribution < -0.4 is 5.32 Å². The third-order valence-corrected chi connectivity index (χ3v) is 3.13. The van der Waals surface area contributed by atoms with Crippen LogP contribution in [0, 0.1) is 5.92 Å². The number of nitrogens with one attached hydrogen (secondary N) is 1. The Bertz CT molecular complexity index is 508. The molecule has 2 aromatic rings. The van der Waals surface area contributed by atoms with Gasteiger partial charge in [-0.25, -0.2) is 4.98 Å². The number of rotatable bonds is 5. The maximum Gasteiger partial charge on any atom is 0.243 e. The third kappa shape index (κ3) is 2.70. The molecule has 1 aliphatic carbocycles. The molecule has 1 aromatic heterocycles. The molecule has 0 radical (unpaired) electrons. The summed E-state index contributed by atoms with van der Waals surface area (Å²) in [6.07, 6.45) is 5.37. The highest BCUT2D eigenvalue weighted by molar-refractivity contribution is 5.73. The zero-order valence-corrected chi connectivity index (χ0v) is 9.76. The van der Waals surface area contributed by atoms with Gasteiger partial charge in [-0.15, -0.1) is 10.2 Å². The molecule has 4 nitrogen and oxygen atoms in total. The molecule has 88 valence electrons. The number of benzene rings is 1. The molecule has 0 atom stereocenters. The first-order valence-corrected chi connectivity index (χ1v) is 6.25. The van der Waals surface area contributed by atoms with Crippen LogP contribution in [-0.2, 0) is 0 Å². The van der Waals surface area contributed by atoms with Crippen molar-refractivity contribution in [3.8, 4) is 0 Å². The van der Waals surface area contributed by atoms with E-state index >= 15 is 0 Å². The largest absolute Gasteiger partial charge is 0.353 e. The minimum Gasteiger partial charge on any atom is -0.353 e. The van der Waals surface area contributed by atoms with Gasteiger partial charge in [0.25, 0.3) is 0 Å². The van der Waals surface area contributed by atoms with E-state index in [0.717, 1.165) is 23.5 Å². The van der Waals surface area contributed by atoms with E-state index in [1.165, 1.54) is 25.7 Å². The molecule has 1 aromatic carbocycles. The Morgan fingerprint density at radius 2 is 1.94 bits per heavy atom. The Kier molecular flexibility index (Phi) is 2.86. The highest BCUT2D eigenvalue weighted by Gasteiger charge is 2.19. The molecule has 17 heavy (non-hydrogen) atoms. The fourth-order valence-corrected chi connectivity index (χ4v) is 1.95. The van der Waals surface area contributed by atoms with Crippen LogP contribution in [0.2, 0.25) is 0 Å². The summed E-state index contributed by atoms with van der Waals surface area (Å²) in [5.74, 6) is 1.63. The molecule has 0 aliphatic heterocycles. The number of aromatic nitrogens is 3. The lowest BCUT2D eigenvalue weighted by Gasteiger charge is -2.04. The Morgan fingerprint density at radius 3 is 2.76 bits per heavy atom. The molecule has 1 saturated carbocycles. The molecule has 0 saturated heterocycles. The van der Waals surface area contributed by atoms with Gasteiger partial charge in [0.05, 0.1) is 5.52 Å². The standard InChI is InChI=1S/C13H16N4/c1-2-6-12-11(5-1)15-13(17-16-12)14-9-3-4-10-7-8-10/h1-2,5-6,10H,3-4,7-9H2,(H,14,15,17). The summed E-state index contributed by atoms with van der Waals surface area (Å²) in [5.41, 5.74) is 1.74. The smallest absolute Gasteiger partial charge is 0.243 e. The quantitative estimate of drug-likeness (QED) is 0.799. The molecular weight excluding hydrogens is 212 g/mol. The van der Waals surface area contributed by atoms with Crippen LogP contribution in [0.3, 0.4) is 0 Å². The van der Waals surface area contributed by atoms with Crippen molar-refractivity contribution in [2.45, 2.75) is 25.7 Å². The molecule has 1 heterocycles. The Morgan fingerprint density at radius 1 is 1.12 bits per heavy atom. The normalized spacial score (nSPS) is 15.1. The average Bonchev–Trinajstić information content (AvgIpc) is 3.18. The Labute approximate surface area is 100 Å². The van der Waals surface area contributed by atoms with Crippen LogP contribution in [-0.4, -0.2) is 21.7 Å². The number of anilines is 1. The van der Waals surface area contributed by atoms with Crippen molar-refractivity contribution in [2.75, 3.05) is 11.9 Å². The van der Waals surface area contributed by atoms with Crippen LogP contribution in [0.25, 0.3) is 11.0 Å². The van der Waals surface area contributed by atoms with E-state index in [1.54, 1.807) is 0 Å². The molecule has 0 unspecified atom stereocenters. The van der Waals surface area contributed by atoms with Gasteiger partial charge in [0.15, 0.2) is 0 Å². The lowest BCUT2D eigenvalue weighted by molar-refractivity contribution is 0.685. The molecule has 3 rings (SSSR count). The molecule has 0 bridgehead atoms. The van der Waals surface area contributed by atoms with Crippen molar-refractivity contribution in [1.82, 2.24) is 15.2 Å². The Hall–Kier alpha value is -1.71. The van der Waals surface area contributed by atoms with E-state index in [0.29, 0.717) is 5.95 Å². The van der Waals surface area contributed by atoms with Gasteiger partial charge in [0.1, 0.15) is 5.52 Å². The predicted octanol–water partition coefficient (Wildman–Crippen LogP) is 2.63. The van der Waals surface area contributed by atoms with Crippen LogP contribution in [0.15, 0.2) is 24.3 Å². The van der Waals surface area contributed by atoms with E-state index in [4.69, 9.17) is 0 Å². The minimum atomic E-state index is 0.638. The summed E-state index contributed by atoms with van der Waals surface area (Å²) in [6.45, 7) is 0.941. The lowest BCUT2D eigenvalue weighted by Crippen LogP contribution is -2.06. The van der Waals surface area contributed by atoms with Gasteiger partial charge in [0, 0.05) is 6.54 Å². The van der Waals surface area contributed by atoms with E-state index in [9.17, 15) is 0 Å². The summed E-state index contributed by atoms with van der Waals surface area (Å²) in [4.78, 5) is 4.42. The summed E-state index contributed by atoms with van der Waals surface area (Å²) >= 11 is 0. The number of fused-ring (bicyclic) bond motifs is 1. The number of para-hydroxylation sites is 1. The topological polar surface area (TPSA) is 50.7 Å². The molecule has 0 spiro atoms. The fraction of sp³-hybridized carbons (Fsp3) is 0.462. The first kappa shape index (κ1) is 10.4. The molecule has 4 heteroatoms. The second kappa shape index (κ2) is 4.65. The highest BCUT2D eigenvalue weighted by atomic mass is 15.2. The molecule has 1 aliphatic rings. The van der Waals surface area contributed by atoms with Crippen molar-refractivity contribution >= 4 is 17.0 Å². The molecular formula is C13H16N4. The fourth-order valence-electron chi connectivity index (χ4n) is 1.95. The maximum absolute atomic E-state index is 4.42. The molecule has 1 N–H and O–H groups in total. The zero-order chi connectivity index (χ0) is 11.5. The summed E-state index contributed by atoms with van der Waals surface area (Å²) in [6, 6.07) is 7.79. The first-order chi connectivity index (χ1) is 8.42. The van der Waals surface area contributed by atoms with Gasteiger partial charge in [-0.2, -0.15) is 0 Å². The SMILES string of the molecule is c1ccc2nc(NCCCC3CC3)nnc2c1. The van der Waals surface area contributed by atoms with Crippen molar-refractivity contribution in [1.29, 1.82) is 0 Å². The number of hydrogen-bond donors (Lipinski definition) is 1. The second-order valence-corrected chi connectivity index (χ2v) is 4.64. The van der Waals surface area contributed by atoms with Crippen molar-refractivity contribution in [3.05, 3.63) is 24.3 Å². The van der Waals surface area contributed by atoms with Crippen LogP contribution in [0.5, 0.6) is 0 Å². The second-order valence-electron chi connectivity index (χ2n) is 4.64. The zero-order valence-electron chi connectivity index (χ0n) is 9.76. The Balaban J connectivity index is 1.59. The minimum absolute atomic E-state index is 0.638. The number of hydrogen-bond acceptors (Lipinski definition) is 4. The van der Waals surface area contributed by atoms with Crippen molar-refractivity contribution < 1.29 is 0 Å². The van der Waals surface area contributed by atoms with Gasteiger partial charge in [-0.05, 0) is 30.9 Å². The van der Waals surface area contributed by atoms with E-state index < -0.39 is 0 Å². The average molecular weight is 228 g/mol. The van der Waals surface area contributed by atoms with Gasteiger partial charge in [0.2, 0.25) is 5.95 Å². The van der Waals surface area contributed by atoms with Crippen molar-refractivity contribution in [3.63, 3.8) is 0 Å². The molecule has 0 amide bonds. The highest BCUT2D eigenvalue weighted by Crippen LogP contribution is 2.33. The van der Waals surface area contributed by atoms with Crippen LogP contribution in [0.4, 0.5) is 5.95 Å². The predicted molar refractivity (Wildman–Crippen MR) is 67.8 cm³/mol. The van der Waals surface area contributed by atoms with Crippen molar-refractivity contribution in [2.24, 2.45) is 5.92 Å². The summed E-state index contributed by atoms with van der Waals surface area (Å²) < 4.78 is 0. The van der Waals surface area contributed by atoms with E-state index in [2.05, 4.69) is 20.5 Å². The first-order valence-electron chi connectivity index (χ1n) is 6.25. The van der Waals surface area contributed by atoms with Gasteiger partial charge >= 0.3 is 0 Å².